The van der Waals surface area contributed by atoms with Crippen LogP contribution in [0, 0.1) is 6.92 Å². The van der Waals surface area contributed by atoms with Crippen LogP contribution in [0.5, 0.6) is 5.75 Å². The molecule has 5 atom stereocenters. The molecule has 15 heteroatoms. The van der Waals surface area contributed by atoms with Gasteiger partial charge in [-0.3, -0.25) is 13.8 Å². The third-order valence-corrected chi connectivity index (χ3v) is 11.4. The van der Waals surface area contributed by atoms with E-state index < -0.39 is 73.0 Å². The summed E-state index contributed by atoms with van der Waals surface area (Å²) in [6.45, 7) is 2.54. The Morgan fingerprint density at radius 2 is 1.94 bits per heavy atom. The van der Waals surface area contributed by atoms with Gasteiger partial charge >= 0.3 is 5.97 Å². The largest absolute Gasteiger partial charge is 0.484 e. The zero-order valence-electron chi connectivity index (χ0n) is 18.9. The maximum absolute atomic E-state index is 13.6. The fraction of sp³-hybridized carbons (Fsp3) is 0.450. The van der Waals surface area contributed by atoms with E-state index in [2.05, 4.69) is 15.5 Å². The number of para-hydroxylation sites is 1. The molecule has 12 nitrogen and oxygen atoms in total. The normalized spacial score (nSPS) is 27.6. The standard InChI is InChI=1S/C20H22N4O8S3/c1-11-22-23-19(33-11)35(29,30)10-20(2)15(18(27)31-3)24-16(26)14(17(24)34(20)28)21-13(25)9-32-12-7-5-4-6-8-12/h4-8,14-15,17H,9-10H2,1-3H3,(H,21,25)/t14-,15+,17-,20+,34?/m1/s1. The van der Waals surface area contributed by atoms with Crippen molar-refractivity contribution in [1.29, 1.82) is 0 Å². The first kappa shape index (κ1) is 25.2. The molecule has 4 rings (SSSR count). The number of nitrogens with one attached hydrogen (secondary N) is 1. The van der Waals surface area contributed by atoms with Crippen LogP contribution in [0.15, 0.2) is 34.7 Å². The number of aromatic nitrogens is 2. The van der Waals surface area contributed by atoms with E-state index in [1.807, 2.05) is 0 Å². The summed E-state index contributed by atoms with van der Waals surface area (Å²) in [5, 5.41) is 9.16. The molecule has 188 valence electrons. The van der Waals surface area contributed by atoms with Gasteiger partial charge in [-0.1, -0.05) is 29.5 Å². The van der Waals surface area contributed by atoms with Gasteiger partial charge in [0.2, 0.25) is 20.1 Å². The summed E-state index contributed by atoms with van der Waals surface area (Å²) in [6.07, 6.45) is 0. The molecule has 0 radical (unpaired) electrons. The summed E-state index contributed by atoms with van der Waals surface area (Å²) >= 11 is 0.847. The lowest BCUT2D eigenvalue weighted by molar-refractivity contribution is -0.162. The monoisotopic (exact) mass is 542 g/mol. The second kappa shape index (κ2) is 9.28. The average Bonchev–Trinajstić information content (AvgIpc) is 3.35. The Hall–Kier alpha value is -2.91. The van der Waals surface area contributed by atoms with E-state index in [1.165, 1.54) is 6.92 Å². The summed E-state index contributed by atoms with van der Waals surface area (Å²) in [5.74, 6) is -2.50. The first-order chi connectivity index (χ1) is 16.5. The number of sulfone groups is 1. The van der Waals surface area contributed by atoms with E-state index in [4.69, 9.17) is 9.47 Å². The fourth-order valence-corrected chi connectivity index (χ4v) is 9.57. The Morgan fingerprint density at radius 1 is 1.26 bits per heavy atom. The molecule has 0 aliphatic carbocycles. The highest BCUT2D eigenvalue weighted by atomic mass is 32.2. The van der Waals surface area contributed by atoms with Gasteiger partial charge in [-0.25, -0.2) is 13.2 Å². The van der Waals surface area contributed by atoms with Crippen molar-refractivity contribution < 1.29 is 36.5 Å². The molecule has 2 amide bonds. The number of methoxy groups -OCH3 is 1. The van der Waals surface area contributed by atoms with Crippen molar-refractivity contribution >= 4 is 49.8 Å². The lowest BCUT2D eigenvalue weighted by Gasteiger charge is -2.43. The minimum Gasteiger partial charge on any atom is -0.484 e. The molecule has 0 bridgehead atoms. The maximum atomic E-state index is 13.6. The molecular weight excluding hydrogens is 520 g/mol. The third-order valence-electron chi connectivity index (χ3n) is 5.72. The Kier molecular flexibility index (Phi) is 6.68. The van der Waals surface area contributed by atoms with E-state index in [9.17, 15) is 27.0 Å². The van der Waals surface area contributed by atoms with Crippen LogP contribution in [0.3, 0.4) is 0 Å². The average molecular weight is 543 g/mol. The van der Waals surface area contributed by atoms with Crippen LogP contribution in [-0.2, 0) is 39.8 Å². The molecule has 35 heavy (non-hydrogen) atoms. The van der Waals surface area contributed by atoms with Gasteiger partial charge in [0.25, 0.3) is 5.91 Å². The van der Waals surface area contributed by atoms with Gasteiger partial charge in [0.1, 0.15) is 28.2 Å². The van der Waals surface area contributed by atoms with Crippen molar-refractivity contribution in [2.24, 2.45) is 0 Å². The van der Waals surface area contributed by atoms with Gasteiger partial charge in [-0.05, 0) is 26.0 Å². The van der Waals surface area contributed by atoms with Gasteiger partial charge in [0.05, 0.1) is 28.4 Å². The lowest BCUT2D eigenvalue weighted by Crippen LogP contribution is -2.72. The van der Waals surface area contributed by atoms with Gasteiger partial charge in [0, 0.05) is 0 Å². The number of hydrogen-bond donors (Lipinski definition) is 1. The topological polar surface area (TPSA) is 162 Å². The van der Waals surface area contributed by atoms with Crippen LogP contribution in [0.4, 0.5) is 0 Å². The van der Waals surface area contributed by atoms with E-state index in [0.29, 0.717) is 10.8 Å². The number of β-lactam (4-membered cyclic amide) rings is 1. The van der Waals surface area contributed by atoms with E-state index >= 15 is 0 Å². The molecule has 0 spiro atoms. The van der Waals surface area contributed by atoms with Crippen molar-refractivity contribution in [3.63, 3.8) is 0 Å². The number of nitrogens with zero attached hydrogens (tertiary/aromatic N) is 3. The zero-order chi connectivity index (χ0) is 25.5. The number of fused-ring (bicyclic) bond motifs is 1. The predicted molar refractivity (Wildman–Crippen MR) is 124 cm³/mol. The Balaban J connectivity index is 1.55. The summed E-state index contributed by atoms with van der Waals surface area (Å²) in [6, 6.07) is 5.92. The number of rotatable bonds is 8. The SMILES string of the molecule is COC(=O)[C@@H]1N2C(=O)[C@@H](NC(=O)COc3ccccc3)[C@H]2S(=O)[C@@]1(C)CS(=O)(=O)c1nnc(C)s1. The van der Waals surface area contributed by atoms with Crippen molar-refractivity contribution in [3.05, 3.63) is 35.3 Å². The second-order valence-corrected chi connectivity index (χ2v) is 13.5. The molecule has 2 aliphatic rings. The highest BCUT2D eigenvalue weighted by molar-refractivity contribution is 7.95. The zero-order valence-corrected chi connectivity index (χ0v) is 21.3. The van der Waals surface area contributed by atoms with E-state index in [1.54, 1.807) is 37.3 Å². The van der Waals surface area contributed by atoms with Crippen LogP contribution in [0.25, 0.3) is 0 Å². The molecule has 0 saturated carbocycles. The van der Waals surface area contributed by atoms with Crippen molar-refractivity contribution in [2.45, 2.75) is 40.4 Å². The molecular formula is C20H22N4O8S3. The van der Waals surface area contributed by atoms with E-state index in [0.717, 1.165) is 23.3 Å². The number of hydrogen-bond acceptors (Lipinski definition) is 11. The van der Waals surface area contributed by atoms with Crippen LogP contribution in [0.1, 0.15) is 11.9 Å². The molecule has 2 aliphatic heterocycles. The molecule has 1 unspecified atom stereocenters. The summed E-state index contributed by atoms with van der Waals surface area (Å²) in [5.41, 5.74) is 0. The van der Waals surface area contributed by atoms with Crippen LogP contribution < -0.4 is 10.1 Å². The smallest absolute Gasteiger partial charge is 0.330 e. The first-order valence-electron chi connectivity index (χ1n) is 10.3. The minimum absolute atomic E-state index is 0.277. The van der Waals surface area contributed by atoms with Crippen molar-refractivity contribution in [1.82, 2.24) is 20.4 Å². The van der Waals surface area contributed by atoms with Crippen LogP contribution >= 0.6 is 11.3 Å². The number of aryl methyl sites for hydroxylation is 1. The molecule has 2 aromatic rings. The van der Waals surface area contributed by atoms with Gasteiger partial charge < -0.3 is 19.7 Å². The summed E-state index contributed by atoms with van der Waals surface area (Å²) in [4.78, 5) is 39.0. The van der Waals surface area contributed by atoms with E-state index in [-0.39, 0.29) is 4.34 Å². The van der Waals surface area contributed by atoms with Crippen LogP contribution in [0.2, 0.25) is 0 Å². The number of esters is 1. The van der Waals surface area contributed by atoms with Gasteiger partial charge in [0.15, 0.2) is 6.61 Å². The predicted octanol–water partition coefficient (Wildman–Crippen LogP) is -0.585. The lowest BCUT2D eigenvalue weighted by atomic mass is 9.96. The summed E-state index contributed by atoms with van der Waals surface area (Å²) < 4.78 is 47.8. The second-order valence-electron chi connectivity index (χ2n) is 8.16. The Labute approximate surface area is 207 Å². The van der Waals surface area contributed by atoms with Gasteiger partial charge in [-0.15, -0.1) is 10.2 Å². The maximum Gasteiger partial charge on any atom is 0.330 e. The molecule has 1 N–H and O–H groups in total. The number of benzene rings is 1. The number of carbonyl (C=O) groups excluding carboxylic acids is 3. The molecule has 1 aromatic carbocycles. The molecule has 2 fully saturated rings. The third kappa shape index (κ3) is 4.43. The van der Waals surface area contributed by atoms with Crippen LogP contribution in [-0.4, -0.2) is 87.2 Å². The molecule has 1 aromatic heterocycles. The highest BCUT2D eigenvalue weighted by Crippen LogP contribution is 2.45. The van der Waals surface area contributed by atoms with Crippen molar-refractivity contribution in [3.8, 4) is 5.75 Å². The number of amides is 2. The Bertz CT molecular complexity index is 1300. The highest BCUT2D eigenvalue weighted by Gasteiger charge is 2.70. The summed E-state index contributed by atoms with van der Waals surface area (Å²) in [7, 11) is -5.08. The Morgan fingerprint density at radius 3 is 2.54 bits per heavy atom. The molecule has 2 saturated heterocycles. The number of ether oxygens (including phenoxy) is 2. The minimum atomic E-state index is -4.11. The number of carbonyl (C=O) groups is 3. The molecule has 3 heterocycles. The first-order valence-corrected chi connectivity index (χ1v) is 14.0. The fourth-order valence-electron chi connectivity index (χ4n) is 4.14. The quantitative estimate of drug-likeness (QED) is 0.337. The van der Waals surface area contributed by atoms with Gasteiger partial charge in [-0.2, -0.15) is 0 Å². The van der Waals surface area contributed by atoms with Crippen molar-refractivity contribution in [2.75, 3.05) is 19.5 Å².